The topological polar surface area (TPSA) is 95.3 Å². The third kappa shape index (κ3) is 4.73. The summed E-state index contributed by atoms with van der Waals surface area (Å²) >= 11 is 1.43. The normalized spacial score (nSPS) is 18.2. The molecule has 0 unspecified atom stereocenters. The Morgan fingerprint density at radius 2 is 2.12 bits per heavy atom. The molecule has 0 bridgehead atoms. The second-order valence-corrected chi connectivity index (χ2v) is 10.8. The number of esters is 1. The highest BCUT2D eigenvalue weighted by Gasteiger charge is 2.40. The van der Waals surface area contributed by atoms with E-state index in [0.29, 0.717) is 30.9 Å². The van der Waals surface area contributed by atoms with Gasteiger partial charge in [-0.3, -0.25) is 9.48 Å². The van der Waals surface area contributed by atoms with Crippen LogP contribution >= 0.6 is 11.3 Å². The first-order valence-electron chi connectivity index (χ1n) is 11.3. The molecule has 0 aromatic carbocycles. The maximum Gasteiger partial charge on any atom is 0.357 e. The van der Waals surface area contributed by atoms with Gasteiger partial charge in [-0.2, -0.15) is 5.10 Å². The first kappa shape index (κ1) is 22.9. The van der Waals surface area contributed by atoms with Crippen LogP contribution < -0.4 is 5.32 Å². The zero-order valence-corrected chi connectivity index (χ0v) is 20.1. The van der Waals surface area contributed by atoms with Gasteiger partial charge in [-0.05, 0) is 38.5 Å². The number of ether oxygens (including phenoxy) is 2. The van der Waals surface area contributed by atoms with Crippen molar-refractivity contribution >= 4 is 23.2 Å². The Kier molecular flexibility index (Phi) is 6.40. The van der Waals surface area contributed by atoms with Gasteiger partial charge in [-0.1, -0.05) is 13.8 Å². The predicted molar refractivity (Wildman–Crippen MR) is 121 cm³/mol. The minimum Gasteiger partial charge on any atom is -0.460 e. The highest BCUT2D eigenvalue weighted by atomic mass is 32.1. The molecule has 174 valence electrons. The van der Waals surface area contributed by atoms with Crippen LogP contribution in [0.5, 0.6) is 0 Å². The Bertz CT molecular complexity index is 1000. The van der Waals surface area contributed by atoms with E-state index in [1.807, 2.05) is 18.5 Å². The Hall–Kier alpha value is -2.26. The monoisotopic (exact) mass is 460 g/mol. The Balaban J connectivity index is 1.55. The molecule has 0 atom stereocenters. The number of hydrogen-bond acceptors (Lipinski definition) is 7. The number of aromatic nitrogens is 3. The van der Waals surface area contributed by atoms with Gasteiger partial charge in [0.25, 0.3) is 5.91 Å². The van der Waals surface area contributed by atoms with Crippen LogP contribution in [0.25, 0.3) is 0 Å². The van der Waals surface area contributed by atoms with Gasteiger partial charge in [0.15, 0.2) is 5.69 Å². The first-order valence-corrected chi connectivity index (χ1v) is 12.1. The summed E-state index contributed by atoms with van der Waals surface area (Å²) < 4.78 is 13.0. The zero-order chi connectivity index (χ0) is 22.9. The lowest BCUT2D eigenvalue weighted by Gasteiger charge is -2.36. The number of amides is 1. The molecule has 0 radical (unpaired) electrons. The number of carbonyl (C=O) groups excluding carboxylic acids is 2. The van der Waals surface area contributed by atoms with Crippen molar-refractivity contribution in [2.45, 2.75) is 59.9 Å². The molecule has 1 fully saturated rings. The van der Waals surface area contributed by atoms with Crippen LogP contribution in [-0.2, 0) is 28.9 Å². The van der Waals surface area contributed by atoms with Crippen LogP contribution in [0.15, 0.2) is 5.38 Å². The fraction of sp³-hybridized carbons (Fsp3) is 0.652. The van der Waals surface area contributed by atoms with Crippen LogP contribution in [0.3, 0.4) is 0 Å². The summed E-state index contributed by atoms with van der Waals surface area (Å²) in [5, 5.41) is 10.5. The highest BCUT2D eigenvalue weighted by Crippen LogP contribution is 2.38. The second-order valence-electron chi connectivity index (χ2n) is 9.73. The first-order chi connectivity index (χ1) is 15.2. The average Bonchev–Trinajstić information content (AvgIpc) is 3.31. The van der Waals surface area contributed by atoms with Crippen molar-refractivity contribution in [2.75, 3.05) is 26.4 Å². The predicted octanol–water partition coefficient (Wildman–Crippen LogP) is 3.18. The van der Waals surface area contributed by atoms with Crippen molar-refractivity contribution in [1.82, 2.24) is 20.1 Å². The number of hydrogen-bond donors (Lipinski definition) is 1. The van der Waals surface area contributed by atoms with Crippen molar-refractivity contribution in [2.24, 2.45) is 10.8 Å². The van der Waals surface area contributed by atoms with Crippen molar-refractivity contribution in [3.8, 4) is 0 Å². The van der Waals surface area contributed by atoms with E-state index < -0.39 is 5.97 Å². The molecule has 2 aromatic heterocycles. The average molecular weight is 461 g/mol. The highest BCUT2D eigenvalue weighted by molar-refractivity contribution is 7.09. The van der Waals surface area contributed by atoms with E-state index in [2.05, 4.69) is 24.1 Å². The number of aryl methyl sites for hydroxylation is 2. The molecule has 0 saturated carbocycles. The van der Waals surface area contributed by atoms with Crippen LogP contribution in [-0.4, -0.2) is 53.0 Å². The molecule has 4 heterocycles. The molecule has 0 aliphatic carbocycles. The number of fused-ring (bicyclic) bond motifs is 1. The maximum absolute atomic E-state index is 13.0. The van der Waals surface area contributed by atoms with Gasteiger partial charge in [-0.15, -0.1) is 11.3 Å². The van der Waals surface area contributed by atoms with Crippen molar-refractivity contribution in [1.29, 1.82) is 0 Å². The fourth-order valence-electron chi connectivity index (χ4n) is 4.60. The molecular formula is C23H32N4O4S. The molecule has 9 heteroatoms. The van der Waals surface area contributed by atoms with E-state index in [-0.39, 0.29) is 23.3 Å². The molecule has 2 aromatic rings. The molecular weight excluding hydrogens is 428 g/mol. The molecule has 1 N–H and O–H groups in total. The summed E-state index contributed by atoms with van der Waals surface area (Å²) in [6, 6.07) is 0. The van der Waals surface area contributed by atoms with E-state index in [4.69, 9.17) is 14.6 Å². The van der Waals surface area contributed by atoms with Gasteiger partial charge in [0.1, 0.15) is 5.69 Å². The number of carbonyl (C=O) groups is 2. The van der Waals surface area contributed by atoms with E-state index in [9.17, 15) is 9.59 Å². The van der Waals surface area contributed by atoms with Crippen LogP contribution in [0.2, 0.25) is 0 Å². The van der Waals surface area contributed by atoms with Crippen molar-refractivity contribution < 1.29 is 19.1 Å². The quantitative estimate of drug-likeness (QED) is 0.666. The van der Waals surface area contributed by atoms with Gasteiger partial charge < -0.3 is 14.8 Å². The lowest BCUT2D eigenvalue weighted by atomic mass is 9.74. The zero-order valence-electron chi connectivity index (χ0n) is 19.3. The van der Waals surface area contributed by atoms with Gasteiger partial charge in [0, 0.05) is 49.1 Å². The molecule has 2 aliphatic heterocycles. The molecule has 1 saturated heterocycles. The van der Waals surface area contributed by atoms with Gasteiger partial charge in [-0.25, -0.2) is 9.78 Å². The lowest BCUT2D eigenvalue weighted by Crippen LogP contribution is -2.40. The third-order valence-electron chi connectivity index (χ3n) is 6.45. The summed E-state index contributed by atoms with van der Waals surface area (Å²) in [6.07, 6.45) is 3.29. The van der Waals surface area contributed by atoms with Crippen molar-refractivity contribution in [3.05, 3.63) is 33.0 Å². The summed E-state index contributed by atoms with van der Waals surface area (Å²) in [5.41, 5.74) is 2.66. The van der Waals surface area contributed by atoms with Gasteiger partial charge >= 0.3 is 5.97 Å². The fourth-order valence-corrected chi connectivity index (χ4v) is 5.18. The van der Waals surface area contributed by atoms with Crippen LogP contribution in [0, 0.1) is 17.8 Å². The maximum atomic E-state index is 13.0. The molecule has 4 rings (SSSR count). The Morgan fingerprint density at radius 1 is 1.38 bits per heavy atom. The number of nitrogens with zero attached hydrogens (tertiary/aromatic N) is 3. The minimum atomic E-state index is -0.402. The van der Waals surface area contributed by atoms with E-state index >= 15 is 0 Å². The standard InChI is InChI=1S/C23H32N4O4S/c1-5-27-19-16(10-23(13-24-20(19)28)6-8-30-9-7-23)17(26-27)11-22(3,4)14-31-21(29)18-12-32-15(2)25-18/h12H,5-11,13-14H2,1-4H3,(H,24,28). The van der Waals surface area contributed by atoms with Gasteiger partial charge in [0.05, 0.1) is 17.3 Å². The number of rotatable bonds is 6. The summed E-state index contributed by atoms with van der Waals surface area (Å²) in [7, 11) is 0. The Morgan fingerprint density at radius 3 is 2.78 bits per heavy atom. The summed E-state index contributed by atoms with van der Waals surface area (Å²) in [6.45, 7) is 11.0. The molecule has 1 amide bonds. The molecule has 32 heavy (non-hydrogen) atoms. The largest absolute Gasteiger partial charge is 0.460 e. The smallest absolute Gasteiger partial charge is 0.357 e. The molecule has 8 nitrogen and oxygen atoms in total. The third-order valence-corrected chi connectivity index (χ3v) is 7.22. The lowest BCUT2D eigenvalue weighted by molar-refractivity contribution is 0.0159. The molecule has 1 spiro atoms. The summed E-state index contributed by atoms with van der Waals surface area (Å²) in [5.74, 6) is -0.451. The van der Waals surface area contributed by atoms with E-state index in [1.165, 1.54) is 11.3 Å². The summed E-state index contributed by atoms with van der Waals surface area (Å²) in [4.78, 5) is 29.6. The van der Waals surface area contributed by atoms with Gasteiger partial charge in [0.2, 0.25) is 0 Å². The molecule has 2 aliphatic rings. The second kappa shape index (κ2) is 8.94. The van der Waals surface area contributed by atoms with E-state index in [1.54, 1.807) is 5.38 Å². The van der Waals surface area contributed by atoms with Crippen LogP contribution in [0.4, 0.5) is 0 Å². The van der Waals surface area contributed by atoms with E-state index in [0.717, 1.165) is 48.7 Å². The number of thiazole rings is 1. The van der Waals surface area contributed by atoms with Crippen LogP contribution in [0.1, 0.15) is 70.9 Å². The number of nitrogens with one attached hydrogen (secondary N) is 1. The minimum absolute atomic E-state index is 0.00853. The SMILES string of the molecule is CCn1nc(CC(C)(C)COC(=O)c2csc(C)n2)c2c1C(=O)NCC1(CCOCC1)C2. The van der Waals surface area contributed by atoms with Crippen molar-refractivity contribution in [3.63, 3.8) is 0 Å². The Labute approximate surface area is 192 Å².